The van der Waals surface area contributed by atoms with E-state index < -0.39 is 0 Å². The molecule has 2 aromatic heterocycles. The Balaban J connectivity index is 2.18. The van der Waals surface area contributed by atoms with Crippen LogP contribution in [0.25, 0.3) is 22.4 Å². The van der Waals surface area contributed by atoms with Gasteiger partial charge in [0.2, 0.25) is 0 Å². The summed E-state index contributed by atoms with van der Waals surface area (Å²) in [5, 5.41) is 5.45. The monoisotopic (exact) mass is 305 g/mol. The molecule has 3 aromatic rings. The van der Waals surface area contributed by atoms with E-state index in [0.717, 1.165) is 32.5 Å². The first-order chi connectivity index (χ1) is 8.67. The molecule has 0 radical (unpaired) electrons. The maximum Gasteiger partial charge on any atom is 0.156 e. The summed E-state index contributed by atoms with van der Waals surface area (Å²) in [4.78, 5) is 0. The van der Waals surface area contributed by atoms with Crippen molar-refractivity contribution in [2.24, 2.45) is 12.8 Å². The highest BCUT2D eigenvalue weighted by Crippen LogP contribution is 2.30. The highest BCUT2D eigenvalue weighted by molar-refractivity contribution is 9.10. The predicted molar refractivity (Wildman–Crippen MR) is 74.0 cm³/mol. The number of nitrogens with two attached hydrogens (primary N) is 1. The van der Waals surface area contributed by atoms with E-state index in [-0.39, 0.29) is 0 Å². The normalized spacial score (nSPS) is 11.3. The van der Waals surface area contributed by atoms with Crippen molar-refractivity contribution in [2.45, 2.75) is 6.54 Å². The summed E-state index contributed by atoms with van der Waals surface area (Å²) in [5.74, 6) is 0.754. The molecule has 2 heterocycles. The van der Waals surface area contributed by atoms with Crippen LogP contribution in [0.3, 0.4) is 0 Å². The summed E-state index contributed by atoms with van der Waals surface area (Å²) in [6, 6.07) is 7.90. The molecule has 0 spiro atoms. The Morgan fingerprint density at radius 3 is 3.00 bits per heavy atom. The molecule has 0 aliphatic rings. The Kier molecular flexibility index (Phi) is 2.72. The second-order valence-electron chi connectivity index (χ2n) is 4.17. The van der Waals surface area contributed by atoms with Crippen LogP contribution < -0.4 is 5.73 Å². The smallest absolute Gasteiger partial charge is 0.156 e. The third-order valence-electron chi connectivity index (χ3n) is 2.84. The van der Waals surface area contributed by atoms with Gasteiger partial charge >= 0.3 is 0 Å². The van der Waals surface area contributed by atoms with E-state index in [9.17, 15) is 0 Å². The molecule has 1 aromatic carbocycles. The third kappa shape index (κ3) is 1.85. The van der Waals surface area contributed by atoms with E-state index in [1.54, 1.807) is 4.68 Å². The zero-order chi connectivity index (χ0) is 12.7. The van der Waals surface area contributed by atoms with E-state index in [1.807, 2.05) is 37.5 Å². The third-order valence-corrected chi connectivity index (χ3v) is 3.33. The maximum absolute atomic E-state index is 5.81. The van der Waals surface area contributed by atoms with Gasteiger partial charge in [-0.05, 0) is 24.3 Å². The number of aromatic nitrogens is 2. The van der Waals surface area contributed by atoms with E-state index in [2.05, 4.69) is 21.0 Å². The van der Waals surface area contributed by atoms with Gasteiger partial charge in [0.05, 0.1) is 0 Å². The molecule has 0 aliphatic heterocycles. The SMILES string of the molecule is Cn1cc(CN)c(-c2cc3cc(Br)ccc3o2)n1. The van der Waals surface area contributed by atoms with Crippen molar-refractivity contribution in [3.8, 4) is 11.5 Å². The average molecular weight is 306 g/mol. The molecule has 0 bridgehead atoms. The van der Waals surface area contributed by atoms with Gasteiger partial charge in [0, 0.05) is 35.2 Å². The van der Waals surface area contributed by atoms with Gasteiger partial charge in [0.1, 0.15) is 11.3 Å². The van der Waals surface area contributed by atoms with Crippen molar-refractivity contribution in [2.75, 3.05) is 0 Å². The number of aryl methyl sites for hydroxylation is 1. The van der Waals surface area contributed by atoms with Gasteiger partial charge in [-0.25, -0.2) is 0 Å². The Hall–Kier alpha value is -1.59. The largest absolute Gasteiger partial charge is 0.454 e. The summed E-state index contributed by atoms with van der Waals surface area (Å²) in [6.45, 7) is 0.448. The quantitative estimate of drug-likeness (QED) is 0.791. The van der Waals surface area contributed by atoms with E-state index >= 15 is 0 Å². The van der Waals surface area contributed by atoms with Gasteiger partial charge in [-0.2, -0.15) is 5.10 Å². The van der Waals surface area contributed by atoms with Crippen LogP contribution in [0.2, 0.25) is 0 Å². The lowest BCUT2D eigenvalue weighted by atomic mass is 10.2. The van der Waals surface area contributed by atoms with Crippen molar-refractivity contribution < 1.29 is 4.42 Å². The molecular formula is C13H12BrN3O. The van der Waals surface area contributed by atoms with Crippen LogP contribution in [0.4, 0.5) is 0 Å². The number of fused-ring (bicyclic) bond motifs is 1. The highest BCUT2D eigenvalue weighted by atomic mass is 79.9. The summed E-state index contributed by atoms with van der Waals surface area (Å²) < 4.78 is 8.59. The Morgan fingerprint density at radius 1 is 1.39 bits per heavy atom. The van der Waals surface area contributed by atoms with E-state index in [1.165, 1.54) is 0 Å². The summed E-state index contributed by atoms with van der Waals surface area (Å²) in [5.41, 5.74) is 8.36. The molecule has 92 valence electrons. The number of hydrogen-bond acceptors (Lipinski definition) is 3. The average Bonchev–Trinajstić information content (AvgIpc) is 2.91. The van der Waals surface area contributed by atoms with Gasteiger partial charge in [-0.1, -0.05) is 15.9 Å². The lowest BCUT2D eigenvalue weighted by Crippen LogP contribution is -1.95. The fourth-order valence-corrected chi connectivity index (χ4v) is 2.40. The van der Waals surface area contributed by atoms with Crippen LogP contribution in [0.5, 0.6) is 0 Å². The second-order valence-corrected chi connectivity index (χ2v) is 5.09. The van der Waals surface area contributed by atoms with Crippen LogP contribution in [-0.4, -0.2) is 9.78 Å². The molecule has 0 fully saturated rings. The zero-order valence-electron chi connectivity index (χ0n) is 9.85. The summed E-state index contributed by atoms with van der Waals surface area (Å²) in [7, 11) is 1.88. The van der Waals surface area contributed by atoms with Crippen molar-refractivity contribution >= 4 is 26.9 Å². The minimum atomic E-state index is 0.448. The second kappa shape index (κ2) is 4.26. The molecule has 18 heavy (non-hydrogen) atoms. The van der Waals surface area contributed by atoms with Gasteiger partial charge in [-0.15, -0.1) is 0 Å². The number of nitrogens with zero attached hydrogens (tertiary/aromatic N) is 2. The minimum absolute atomic E-state index is 0.448. The predicted octanol–water partition coefficient (Wildman–Crippen LogP) is 3.05. The van der Waals surface area contributed by atoms with Crippen LogP contribution in [0.1, 0.15) is 5.56 Å². The fraction of sp³-hybridized carbons (Fsp3) is 0.154. The molecule has 0 saturated carbocycles. The first-order valence-electron chi connectivity index (χ1n) is 5.59. The first-order valence-corrected chi connectivity index (χ1v) is 6.39. The van der Waals surface area contributed by atoms with Crippen molar-refractivity contribution in [3.63, 3.8) is 0 Å². The van der Waals surface area contributed by atoms with Crippen molar-refractivity contribution in [1.29, 1.82) is 0 Å². The molecule has 2 N–H and O–H groups in total. The lowest BCUT2D eigenvalue weighted by molar-refractivity contribution is 0.624. The van der Waals surface area contributed by atoms with E-state index in [0.29, 0.717) is 6.54 Å². The molecule has 0 atom stereocenters. The molecule has 0 unspecified atom stereocenters. The van der Waals surface area contributed by atoms with Crippen LogP contribution in [0, 0.1) is 0 Å². The number of halogens is 1. The zero-order valence-corrected chi connectivity index (χ0v) is 11.4. The minimum Gasteiger partial charge on any atom is -0.454 e. The topological polar surface area (TPSA) is 57.0 Å². The van der Waals surface area contributed by atoms with Crippen LogP contribution in [0.15, 0.2) is 39.4 Å². The van der Waals surface area contributed by atoms with Gasteiger partial charge in [0.15, 0.2) is 5.76 Å². The number of benzene rings is 1. The standard InChI is InChI=1S/C13H12BrN3O/c1-17-7-9(6-15)13(16-17)12-5-8-4-10(14)2-3-11(8)18-12/h2-5,7H,6,15H2,1H3. The van der Waals surface area contributed by atoms with Gasteiger partial charge < -0.3 is 10.2 Å². The molecular weight excluding hydrogens is 294 g/mol. The summed E-state index contributed by atoms with van der Waals surface area (Å²) in [6.07, 6.45) is 1.92. The van der Waals surface area contributed by atoms with Crippen molar-refractivity contribution in [3.05, 3.63) is 40.5 Å². The molecule has 3 rings (SSSR count). The molecule has 0 saturated heterocycles. The van der Waals surface area contributed by atoms with Crippen LogP contribution >= 0.6 is 15.9 Å². The Bertz CT molecular complexity index is 714. The number of rotatable bonds is 2. The first kappa shape index (κ1) is 11.5. The fourth-order valence-electron chi connectivity index (χ4n) is 2.03. The number of hydrogen-bond donors (Lipinski definition) is 1. The van der Waals surface area contributed by atoms with Crippen molar-refractivity contribution in [1.82, 2.24) is 9.78 Å². The van der Waals surface area contributed by atoms with Gasteiger partial charge in [0.25, 0.3) is 0 Å². The van der Waals surface area contributed by atoms with Crippen LogP contribution in [-0.2, 0) is 13.6 Å². The highest BCUT2D eigenvalue weighted by Gasteiger charge is 2.13. The molecule has 4 nitrogen and oxygen atoms in total. The molecule has 0 aliphatic carbocycles. The Labute approximate surface area is 113 Å². The Morgan fingerprint density at radius 2 is 2.22 bits per heavy atom. The summed E-state index contributed by atoms with van der Waals surface area (Å²) >= 11 is 3.45. The molecule has 0 amide bonds. The molecule has 5 heteroatoms. The van der Waals surface area contributed by atoms with Gasteiger partial charge in [-0.3, -0.25) is 4.68 Å². The van der Waals surface area contributed by atoms with E-state index in [4.69, 9.17) is 10.2 Å². The number of furan rings is 1. The maximum atomic E-state index is 5.81. The lowest BCUT2D eigenvalue weighted by Gasteiger charge is -1.93.